The fourth-order valence-electron chi connectivity index (χ4n) is 1.77. The second kappa shape index (κ2) is 7.03. The quantitative estimate of drug-likeness (QED) is 0.592. The molecule has 0 fully saturated rings. The number of hydrogen-bond donors (Lipinski definition) is 1. The second-order valence-corrected chi connectivity index (χ2v) is 4.00. The zero-order chi connectivity index (χ0) is 12.7. The standard InChI is InChI=1S/C14H17F2N/c1-3-4-5-8-12(17-2)10-11-7-6-9-13(15)14(11)16/h1,6-7,9,12,17H,4-5,8,10H2,2H3. The summed E-state index contributed by atoms with van der Waals surface area (Å²) in [6.45, 7) is 0. The smallest absolute Gasteiger partial charge is 0.162 e. The minimum absolute atomic E-state index is 0.125. The number of benzene rings is 1. The number of hydrogen-bond acceptors (Lipinski definition) is 1. The van der Waals surface area contributed by atoms with E-state index in [1.807, 2.05) is 7.05 Å². The van der Waals surface area contributed by atoms with Gasteiger partial charge in [0.15, 0.2) is 11.6 Å². The van der Waals surface area contributed by atoms with Crippen LogP contribution in [0.1, 0.15) is 24.8 Å². The van der Waals surface area contributed by atoms with Crippen LogP contribution in [-0.4, -0.2) is 13.1 Å². The minimum Gasteiger partial charge on any atom is -0.317 e. The van der Waals surface area contributed by atoms with Gasteiger partial charge in [0.05, 0.1) is 0 Å². The van der Waals surface area contributed by atoms with E-state index in [2.05, 4.69) is 11.2 Å². The van der Waals surface area contributed by atoms with Gasteiger partial charge in [0.25, 0.3) is 0 Å². The lowest BCUT2D eigenvalue weighted by Gasteiger charge is -2.16. The van der Waals surface area contributed by atoms with Crippen LogP contribution in [-0.2, 0) is 6.42 Å². The summed E-state index contributed by atoms with van der Waals surface area (Å²) in [5.74, 6) is 1.03. The molecule has 0 spiro atoms. The topological polar surface area (TPSA) is 12.0 Å². The van der Waals surface area contributed by atoms with Crippen molar-refractivity contribution in [2.24, 2.45) is 0 Å². The highest BCUT2D eigenvalue weighted by atomic mass is 19.2. The summed E-state index contributed by atoms with van der Waals surface area (Å²) < 4.78 is 26.5. The Morgan fingerprint density at radius 3 is 2.82 bits per heavy atom. The summed E-state index contributed by atoms with van der Waals surface area (Å²) in [6.07, 6.45) is 8.11. The highest BCUT2D eigenvalue weighted by Gasteiger charge is 2.12. The highest BCUT2D eigenvalue weighted by Crippen LogP contribution is 2.15. The van der Waals surface area contributed by atoms with Crippen molar-refractivity contribution in [3.63, 3.8) is 0 Å². The number of terminal acetylenes is 1. The predicted octanol–water partition coefficient (Wildman–Crippen LogP) is 2.90. The highest BCUT2D eigenvalue weighted by molar-refractivity contribution is 5.20. The van der Waals surface area contributed by atoms with E-state index in [1.165, 1.54) is 6.07 Å². The first-order valence-corrected chi connectivity index (χ1v) is 5.72. The third-order valence-corrected chi connectivity index (χ3v) is 2.78. The van der Waals surface area contributed by atoms with Crippen molar-refractivity contribution in [3.05, 3.63) is 35.4 Å². The molecule has 0 saturated carbocycles. The monoisotopic (exact) mass is 237 g/mol. The first kappa shape index (κ1) is 13.7. The Morgan fingerprint density at radius 2 is 2.18 bits per heavy atom. The van der Waals surface area contributed by atoms with Crippen LogP contribution >= 0.6 is 0 Å². The van der Waals surface area contributed by atoms with Gasteiger partial charge in [-0.25, -0.2) is 8.78 Å². The van der Waals surface area contributed by atoms with Crippen LogP contribution < -0.4 is 5.32 Å². The molecule has 0 saturated heterocycles. The van der Waals surface area contributed by atoms with E-state index in [-0.39, 0.29) is 6.04 Å². The van der Waals surface area contributed by atoms with Crippen LogP contribution in [0.2, 0.25) is 0 Å². The third-order valence-electron chi connectivity index (χ3n) is 2.78. The molecule has 1 unspecified atom stereocenters. The van der Waals surface area contributed by atoms with E-state index < -0.39 is 11.6 Å². The molecule has 1 nitrogen and oxygen atoms in total. The lowest BCUT2D eigenvalue weighted by molar-refractivity contribution is 0.468. The van der Waals surface area contributed by atoms with Gasteiger partial charge in [-0.3, -0.25) is 0 Å². The molecule has 0 radical (unpaired) electrons. The average Bonchev–Trinajstić information content (AvgIpc) is 2.33. The summed E-state index contributed by atoms with van der Waals surface area (Å²) >= 11 is 0. The zero-order valence-electron chi connectivity index (χ0n) is 9.97. The molecular formula is C14H17F2N. The normalized spacial score (nSPS) is 12.1. The zero-order valence-corrected chi connectivity index (χ0v) is 9.97. The van der Waals surface area contributed by atoms with Crippen LogP contribution in [0.3, 0.4) is 0 Å². The third kappa shape index (κ3) is 4.16. The molecule has 3 heteroatoms. The van der Waals surface area contributed by atoms with E-state index in [9.17, 15) is 8.78 Å². The molecule has 0 amide bonds. The van der Waals surface area contributed by atoms with Gasteiger partial charge in [-0.05, 0) is 37.9 Å². The van der Waals surface area contributed by atoms with E-state index in [4.69, 9.17) is 6.42 Å². The lowest BCUT2D eigenvalue weighted by Crippen LogP contribution is -2.28. The molecule has 0 heterocycles. The first-order chi connectivity index (χ1) is 8.19. The van der Waals surface area contributed by atoms with Gasteiger partial charge >= 0.3 is 0 Å². The molecule has 0 aliphatic carbocycles. The largest absolute Gasteiger partial charge is 0.317 e. The number of rotatable bonds is 6. The number of halogens is 2. The van der Waals surface area contributed by atoms with Gasteiger partial charge in [0, 0.05) is 12.5 Å². The van der Waals surface area contributed by atoms with Crippen LogP contribution in [0, 0.1) is 24.0 Å². The van der Waals surface area contributed by atoms with Crippen molar-refractivity contribution in [1.82, 2.24) is 5.32 Å². The van der Waals surface area contributed by atoms with Gasteiger partial charge in [-0.1, -0.05) is 12.1 Å². The molecule has 17 heavy (non-hydrogen) atoms. The van der Waals surface area contributed by atoms with Gasteiger partial charge in [0.1, 0.15) is 0 Å². The average molecular weight is 237 g/mol. The molecule has 0 aromatic heterocycles. The Kier molecular flexibility index (Phi) is 5.65. The minimum atomic E-state index is -0.791. The van der Waals surface area contributed by atoms with Gasteiger partial charge in [-0.15, -0.1) is 12.3 Å². The predicted molar refractivity (Wildman–Crippen MR) is 65.6 cm³/mol. The van der Waals surface area contributed by atoms with Gasteiger partial charge < -0.3 is 5.32 Å². The Morgan fingerprint density at radius 1 is 1.41 bits per heavy atom. The molecule has 0 bridgehead atoms. The first-order valence-electron chi connectivity index (χ1n) is 5.72. The van der Waals surface area contributed by atoms with Gasteiger partial charge in [-0.2, -0.15) is 0 Å². The summed E-state index contributed by atoms with van der Waals surface area (Å²) in [4.78, 5) is 0. The maximum Gasteiger partial charge on any atom is 0.162 e. The summed E-state index contributed by atoms with van der Waals surface area (Å²) in [5.41, 5.74) is 0.407. The van der Waals surface area contributed by atoms with Crippen LogP contribution in [0.15, 0.2) is 18.2 Å². The van der Waals surface area contributed by atoms with Crippen molar-refractivity contribution in [3.8, 4) is 12.3 Å². The molecule has 92 valence electrons. The molecule has 1 aromatic carbocycles. The number of likely N-dealkylation sites (N-methyl/N-ethyl adjacent to an activating group) is 1. The number of nitrogens with one attached hydrogen (secondary N) is 1. The van der Waals surface area contributed by atoms with Crippen molar-refractivity contribution in [1.29, 1.82) is 0 Å². The number of unbranched alkanes of at least 4 members (excludes halogenated alkanes) is 1. The van der Waals surface area contributed by atoms with E-state index in [0.717, 1.165) is 18.9 Å². The maximum atomic E-state index is 13.5. The second-order valence-electron chi connectivity index (χ2n) is 4.00. The molecule has 1 N–H and O–H groups in total. The van der Waals surface area contributed by atoms with E-state index in [1.54, 1.807) is 6.07 Å². The summed E-state index contributed by atoms with van der Waals surface area (Å²) in [5, 5.41) is 3.10. The van der Waals surface area contributed by atoms with Crippen molar-refractivity contribution in [2.45, 2.75) is 31.7 Å². The lowest BCUT2D eigenvalue weighted by atomic mass is 10.0. The van der Waals surface area contributed by atoms with Crippen LogP contribution in [0.25, 0.3) is 0 Å². The van der Waals surface area contributed by atoms with Crippen molar-refractivity contribution >= 4 is 0 Å². The molecule has 0 aliphatic rings. The molecule has 1 rings (SSSR count). The SMILES string of the molecule is C#CCCCC(Cc1cccc(F)c1F)NC. The molecule has 1 atom stereocenters. The Balaban J connectivity index is 2.61. The van der Waals surface area contributed by atoms with Crippen molar-refractivity contribution < 1.29 is 8.78 Å². The van der Waals surface area contributed by atoms with E-state index >= 15 is 0 Å². The van der Waals surface area contributed by atoms with Crippen LogP contribution in [0.4, 0.5) is 8.78 Å². The fraction of sp³-hybridized carbons (Fsp3) is 0.429. The molecule has 0 aliphatic heterocycles. The Labute approximate surface area is 101 Å². The summed E-state index contributed by atoms with van der Waals surface area (Å²) in [6, 6.07) is 4.40. The summed E-state index contributed by atoms with van der Waals surface area (Å²) in [7, 11) is 1.82. The molecular weight excluding hydrogens is 220 g/mol. The van der Waals surface area contributed by atoms with E-state index in [0.29, 0.717) is 18.4 Å². The molecule has 1 aromatic rings. The van der Waals surface area contributed by atoms with Crippen LogP contribution in [0.5, 0.6) is 0 Å². The van der Waals surface area contributed by atoms with Gasteiger partial charge in [0.2, 0.25) is 0 Å². The maximum absolute atomic E-state index is 13.5. The Hall–Kier alpha value is -1.40. The van der Waals surface area contributed by atoms with Crippen molar-refractivity contribution in [2.75, 3.05) is 7.05 Å². The Bertz CT molecular complexity index is 396. The fourth-order valence-corrected chi connectivity index (χ4v) is 1.77.